The van der Waals surface area contributed by atoms with Gasteiger partial charge in [0.25, 0.3) is 0 Å². The Hall–Kier alpha value is -7.42. The van der Waals surface area contributed by atoms with Crippen LogP contribution in [0.5, 0.6) is 0 Å². The maximum Gasteiger partial charge on any atom is 0.0465 e. The van der Waals surface area contributed by atoms with E-state index in [2.05, 4.69) is 259 Å². The SMILES string of the molecule is CC1(C)c2cc(N(c3ccccc3)c3ccccc3)ccc2-c2cc3c(cc21)-c1cc2c(cc1C3(C)C)-c1cc3c(cc1C2(C)C)-c1ccc(N(c2ccccc2)c2ccccc2)cc1C3(C)C. The number of para-hydroxylation sites is 4. The molecular weight excluding hydrogens is 821 g/mol. The Morgan fingerprint density at radius 2 is 0.412 bits per heavy atom. The van der Waals surface area contributed by atoms with E-state index in [1.807, 2.05) is 0 Å². The normalized spacial score (nSPS) is 16.1. The molecule has 4 aliphatic rings. The molecule has 0 aromatic heterocycles. The van der Waals surface area contributed by atoms with Gasteiger partial charge in [0, 0.05) is 55.8 Å². The highest BCUT2D eigenvalue weighted by Crippen LogP contribution is 2.62. The number of hydrogen-bond donors (Lipinski definition) is 0. The van der Waals surface area contributed by atoms with Gasteiger partial charge in [-0.25, -0.2) is 0 Å². The number of fused-ring (bicyclic) bond motifs is 12. The molecule has 2 heteroatoms. The van der Waals surface area contributed by atoms with Gasteiger partial charge in [0.1, 0.15) is 0 Å². The van der Waals surface area contributed by atoms with Crippen molar-refractivity contribution in [2.75, 3.05) is 9.80 Å². The van der Waals surface area contributed by atoms with Crippen LogP contribution in [0.3, 0.4) is 0 Å². The van der Waals surface area contributed by atoms with E-state index in [9.17, 15) is 0 Å². The van der Waals surface area contributed by atoms with Gasteiger partial charge in [-0.3, -0.25) is 0 Å². The van der Waals surface area contributed by atoms with Crippen molar-refractivity contribution in [2.45, 2.75) is 77.0 Å². The first kappa shape index (κ1) is 40.8. The second kappa shape index (κ2) is 14.1. The lowest BCUT2D eigenvalue weighted by Crippen LogP contribution is -2.18. The van der Waals surface area contributed by atoms with Gasteiger partial charge in [0.05, 0.1) is 0 Å². The molecule has 0 radical (unpaired) electrons. The Kier molecular flexibility index (Phi) is 8.44. The Bertz CT molecular complexity index is 3220. The molecule has 0 spiro atoms. The van der Waals surface area contributed by atoms with Crippen molar-refractivity contribution in [3.05, 3.63) is 239 Å². The van der Waals surface area contributed by atoms with Crippen LogP contribution in [-0.4, -0.2) is 0 Å². The van der Waals surface area contributed by atoms with E-state index in [0.717, 1.165) is 22.7 Å². The molecule has 9 aromatic rings. The lowest BCUT2D eigenvalue weighted by Gasteiger charge is -2.28. The molecular formula is C66H56N2. The van der Waals surface area contributed by atoms with Gasteiger partial charge in [-0.05, 0) is 198 Å². The molecule has 68 heavy (non-hydrogen) atoms. The van der Waals surface area contributed by atoms with Gasteiger partial charge in [0.2, 0.25) is 0 Å². The van der Waals surface area contributed by atoms with Crippen molar-refractivity contribution < 1.29 is 0 Å². The van der Waals surface area contributed by atoms with E-state index in [1.165, 1.54) is 100 Å². The summed E-state index contributed by atoms with van der Waals surface area (Å²) in [6.07, 6.45) is 0. The number of rotatable bonds is 6. The van der Waals surface area contributed by atoms with Crippen molar-refractivity contribution in [1.29, 1.82) is 0 Å². The summed E-state index contributed by atoms with van der Waals surface area (Å²) >= 11 is 0. The molecule has 13 rings (SSSR count). The third-order valence-corrected chi connectivity index (χ3v) is 16.6. The highest BCUT2D eigenvalue weighted by Gasteiger charge is 2.46. The quantitative estimate of drug-likeness (QED) is 0.164. The summed E-state index contributed by atoms with van der Waals surface area (Å²) in [5.74, 6) is 0. The minimum absolute atomic E-state index is 0.169. The van der Waals surface area contributed by atoms with Crippen LogP contribution in [0.2, 0.25) is 0 Å². The fourth-order valence-corrected chi connectivity index (χ4v) is 12.9. The summed E-state index contributed by atoms with van der Waals surface area (Å²) in [6.45, 7) is 19.5. The first-order valence-corrected chi connectivity index (χ1v) is 24.4. The Morgan fingerprint density at radius 1 is 0.206 bits per heavy atom. The molecule has 0 aliphatic heterocycles. The molecule has 0 unspecified atom stereocenters. The van der Waals surface area contributed by atoms with E-state index < -0.39 is 0 Å². The number of benzene rings is 9. The van der Waals surface area contributed by atoms with Crippen LogP contribution in [-0.2, 0) is 21.7 Å². The van der Waals surface area contributed by atoms with E-state index in [0.29, 0.717) is 0 Å². The van der Waals surface area contributed by atoms with Gasteiger partial charge in [-0.2, -0.15) is 0 Å². The molecule has 0 amide bonds. The minimum atomic E-state index is -0.181. The molecule has 0 saturated carbocycles. The smallest absolute Gasteiger partial charge is 0.0465 e. The van der Waals surface area contributed by atoms with Crippen LogP contribution in [0.15, 0.2) is 194 Å². The molecule has 0 fully saturated rings. The summed E-state index contributed by atoms with van der Waals surface area (Å²) in [5, 5.41) is 0. The third kappa shape index (κ3) is 5.58. The number of anilines is 6. The Morgan fingerprint density at radius 3 is 0.647 bits per heavy atom. The van der Waals surface area contributed by atoms with Crippen LogP contribution < -0.4 is 9.80 Å². The molecule has 0 N–H and O–H groups in total. The highest BCUT2D eigenvalue weighted by atomic mass is 15.1. The van der Waals surface area contributed by atoms with Crippen molar-refractivity contribution in [1.82, 2.24) is 0 Å². The Labute approximate surface area is 402 Å². The van der Waals surface area contributed by atoms with E-state index in [-0.39, 0.29) is 21.7 Å². The standard InChI is InChI=1S/C66H56N2/c1-63(2)55-33-45(67(41-21-13-9-14-22-41)42-23-15-10-16-24-42)29-31-47(55)49-35-59-51(37-57(49)63)53-39-62-54(40-61(53)65(59,5)6)52-38-58-50(36-60(52)66(62,7)8)48-32-30-46(34-56(48)64(58,3)4)68(43-25-17-11-18-26-43)44-27-19-12-20-28-44/h9-40H,1-8H3. The van der Waals surface area contributed by atoms with Crippen molar-refractivity contribution in [3.8, 4) is 44.5 Å². The zero-order valence-corrected chi connectivity index (χ0v) is 40.4. The minimum Gasteiger partial charge on any atom is -0.310 e. The van der Waals surface area contributed by atoms with Crippen molar-refractivity contribution >= 4 is 34.1 Å². The molecule has 9 aromatic carbocycles. The van der Waals surface area contributed by atoms with E-state index in [4.69, 9.17) is 0 Å². The summed E-state index contributed by atoms with van der Waals surface area (Å²) < 4.78 is 0. The predicted octanol–water partition coefficient (Wildman–Crippen LogP) is 17.9. The van der Waals surface area contributed by atoms with Crippen LogP contribution in [0.1, 0.15) is 99.9 Å². The average Bonchev–Trinajstić information content (AvgIpc) is 3.90. The van der Waals surface area contributed by atoms with Gasteiger partial charge < -0.3 is 9.80 Å². The summed E-state index contributed by atoms with van der Waals surface area (Å²) in [4.78, 5) is 4.77. The van der Waals surface area contributed by atoms with Crippen LogP contribution >= 0.6 is 0 Å². The van der Waals surface area contributed by atoms with Crippen molar-refractivity contribution in [2.24, 2.45) is 0 Å². The van der Waals surface area contributed by atoms with Gasteiger partial charge in [0.15, 0.2) is 0 Å². The van der Waals surface area contributed by atoms with Gasteiger partial charge in [-0.15, -0.1) is 0 Å². The monoisotopic (exact) mass is 876 g/mol. The fraction of sp³-hybridized carbons (Fsp3) is 0.182. The maximum absolute atomic E-state index is 2.59. The third-order valence-electron chi connectivity index (χ3n) is 16.6. The highest BCUT2D eigenvalue weighted by molar-refractivity contribution is 5.96. The predicted molar refractivity (Wildman–Crippen MR) is 286 cm³/mol. The summed E-state index contributed by atoms with van der Waals surface area (Å²) in [5.41, 5.74) is 28.6. The zero-order valence-electron chi connectivity index (χ0n) is 40.4. The summed E-state index contributed by atoms with van der Waals surface area (Å²) in [6, 6.07) is 72.8. The maximum atomic E-state index is 2.59. The lowest BCUT2D eigenvalue weighted by molar-refractivity contribution is 0.648. The first-order chi connectivity index (χ1) is 32.7. The largest absolute Gasteiger partial charge is 0.310 e. The zero-order chi connectivity index (χ0) is 46.5. The lowest BCUT2D eigenvalue weighted by atomic mass is 9.78. The molecule has 2 nitrogen and oxygen atoms in total. The first-order valence-electron chi connectivity index (χ1n) is 24.4. The fourth-order valence-electron chi connectivity index (χ4n) is 12.9. The molecule has 0 bridgehead atoms. The molecule has 4 aliphatic carbocycles. The van der Waals surface area contributed by atoms with Crippen LogP contribution in [0, 0.1) is 0 Å². The van der Waals surface area contributed by atoms with E-state index >= 15 is 0 Å². The topological polar surface area (TPSA) is 6.48 Å². The molecule has 330 valence electrons. The van der Waals surface area contributed by atoms with Crippen LogP contribution in [0.4, 0.5) is 34.1 Å². The van der Waals surface area contributed by atoms with Gasteiger partial charge in [-0.1, -0.05) is 140 Å². The number of nitrogens with zero attached hydrogens (tertiary/aromatic N) is 2. The molecule has 0 atom stereocenters. The summed E-state index contributed by atoms with van der Waals surface area (Å²) in [7, 11) is 0. The number of hydrogen-bond acceptors (Lipinski definition) is 2. The van der Waals surface area contributed by atoms with E-state index in [1.54, 1.807) is 0 Å². The molecule has 0 heterocycles. The molecule has 0 saturated heterocycles. The van der Waals surface area contributed by atoms with Crippen LogP contribution in [0.25, 0.3) is 44.5 Å². The second-order valence-corrected chi connectivity index (χ2v) is 21.8. The second-order valence-electron chi connectivity index (χ2n) is 21.8. The Balaban J connectivity index is 0.892. The average molecular weight is 877 g/mol. The van der Waals surface area contributed by atoms with Gasteiger partial charge >= 0.3 is 0 Å². The van der Waals surface area contributed by atoms with Crippen molar-refractivity contribution in [3.63, 3.8) is 0 Å².